The molecule has 0 spiro atoms. The van der Waals surface area contributed by atoms with Gasteiger partial charge < -0.3 is 29.8 Å². The number of piperidine rings is 1. The quantitative estimate of drug-likeness (QED) is 0.515. The van der Waals surface area contributed by atoms with Gasteiger partial charge >= 0.3 is 0 Å². The monoisotopic (exact) mass is 417 g/mol. The molecule has 7 nitrogen and oxygen atoms in total. The molecule has 2 aromatic carbocycles. The van der Waals surface area contributed by atoms with Crippen molar-refractivity contribution >= 4 is 22.6 Å². The number of rotatable bonds is 4. The number of nitrogens with one attached hydrogen (secondary N) is 1. The maximum atomic E-state index is 12.7. The second-order valence-electron chi connectivity index (χ2n) is 7.04. The number of para-hydroxylation sites is 1. The summed E-state index contributed by atoms with van der Waals surface area (Å²) in [5, 5.41) is 34.1. The highest BCUT2D eigenvalue weighted by Crippen LogP contribution is 2.43. The Morgan fingerprint density at radius 2 is 2.00 bits per heavy atom. The van der Waals surface area contributed by atoms with E-state index in [2.05, 4.69) is 5.32 Å². The summed E-state index contributed by atoms with van der Waals surface area (Å²) in [7, 11) is 0. The van der Waals surface area contributed by atoms with Crippen LogP contribution in [0.3, 0.4) is 0 Å². The molecule has 0 bridgehead atoms. The van der Waals surface area contributed by atoms with E-state index in [4.69, 9.17) is 20.8 Å². The summed E-state index contributed by atoms with van der Waals surface area (Å²) in [5.41, 5.74) is -0.0935. The first-order chi connectivity index (χ1) is 14.0. The van der Waals surface area contributed by atoms with Gasteiger partial charge in [-0.05, 0) is 31.0 Å². The first-order valence-corrected chi connectivity index (χ1v) is 9.64. The van der Waals surface area contributed by atoms with Gasteiger partial charge in [-0.3, -0.25) is 4.79 Å². The van der Waals surface area contributed by atoms with Crippen LogP contribution in [0.15, 0.2) is 45.6 Å². The molecule has 1 aliphatic rings. The smallest absolute Gasteiger partial charge is 0.294 e. The van der Waals surface area contributed by atoms with Crippen LogP contribution >= 0.6 is 11.6 Å². The lowest BCUT2D eigenvalue weighted by Crippen LogP contribution is -2.37. The molecule has 0 radical (unpaired) electrons. The minimum absolute atomic E-state index is 0.0421. The molecule has 1 saturated heterocycles. The molecular weight excluding hydrogens is 398 g/mol. The molecule has 2 atom stereocenters. The Balaban J connectivity index is 1.90. The van der Waals surface area contributed by atoms with E-state index in [0.717, 1.165) is 12.1 Å². The van der Waals surface area contributed by atoms with Crippen molar-refractivity contribution in [1.82, 2.24) is 5.32 Å². The predicted octanol–water partition coefficient (Wildman–Crippen LogP) is 3.34. The van der Waals surface area contributed by atoms with Gasteiger partial charge in [0.25, 0.3) is 5.95 Å². The van der Waals surface area contributed by atoms with Crippen LogP contribution in [0.1, 0.15) is 17.9 Å². The number of hydrogen-bond donors (Lipinski definition) is 4. The van der Waals surface area contributed by atoms with E-state index < -0.39 is 5.43 Å². The second-order valence-corrected chi connectivity index (χ2v) is 7.44. The number of benzene rings is 2. The first kappa shape index (κ1) is 19.6. The van der Waals surface area contributed by atoms with Gasteiger partial charge in [-0.25, -0.2) is 0 Å². The average Bonchev–Trinajstić information content (AvgIpc) is 2.69. The second kappa shape index (κ2) is 7.94. The van der Waals surface area contributed by atoms with Crippen LogP contribution < -0.4 is 15.5 Å². The van der Waals surface area contributed by atoms with Gasteiger partial charge in [-0.15, -0.1) is 0 Å². The lowest BCUT2D eigenvalue weighted by Gasteiger charge is -2.31. The number of fused-ring (bicyclic) bond motifs is 1. The third-order valence-electron chi connectivity index (χ3n) is 5.24. The van der Waals surface area contributed by atoms with E-state index in [9.17, 15) is 20.1 Å². The molecule has 1 fully saturated rings. The molecule has 2 unspecified atom stereocenters. The molecule has 0 aliphatic carbocycles. The van der Waals surface area contributed by atoms with Gasteiger partial charge in [0.2, 0.25) is 0 Å². The maximum Gasteiger partial charge on any atom is 0.294 e. The molecule has 8 heteroatoms. The van der Waals surface area contributed by atoms with Crippen molar-refractivity contribution < 1.29 is 24.5 Å². The van der Waals surface area contributed by atoms with Crippen LogP contribution in [-0.4, -0.2) is 35.0 Å². The number of ether oxygens (including phenoxy) is 1. The van der Waals surface area contributed by atoms with E-state index in [0.29, 0.717) is 35.8 Å². The molecule has 4 N–H and O–H groups in total. The molecule has 1 aromatic heterocycles. The number of halogens is 1. The third kappa shape index (κ3) is 3.64. The van der Waals surface area contributed by atoms with Crippen molar-refractivity contribution in [1.29, 1.82) is 0 Å². The molecular formula is C21H20ClNO6. The Morgan fingerprint density at radius 3 is 2.76 bits per heavy atom. The molecule has 0 saturated carbocycles. The summed E-state index contributed by atoms with van der Waals surface area (Å²) >= 11 is 6.11. The highest BCUT2D eigenvalue weighted by atomic mass is 35.5. The molecule has 0 amide bonds. The minimum atomic E-state index is -0.512. The highest BCUT2D eigenvalue weighted by Gasteiger charge is 2.32. The lowest BCUT2D eigenvalue weighted by atomic mass is 9.80. The predicted molar refractivity (Wildman–Crippen MR) is 108 cm³/mol. The van der Waals surface area contributed by atoms with Crippen molar-refractivity contribution in [3.05, 3.63) is 57.2 Å². The highest BCUT2D eigenvalue weighted by molar-refractivity contribution is 6.32. The number of hydrogen-bond acceptors (Lipinski definition) is 7. The zero-order valence-electron chi connectivity index (χ0n) is 15.4. The van der Waals surface area contributed by atoms with E-state index in [1.165, 1.54) is 0 Å². The van der Waals surface area contributed by atoms with Crippen LogP contribution in [0.25, 0.3) is 11.0 Å². The number of phenolic OH excluding ortho intramolecular Hbond substituents is 2. The van der Waals surface area contributed by atoms with E-state index >= 15 is 0 Å². The summed E-state index contributed by atoms with van der Waals surface area (Å²) in [6.45, 7) is 1.14. The fraction of sp³-hybridized carbons (Fsp3) is 0.286. The Kier molecular flexibility index (Phi) is 5.36. The standard InChI is InChI=1S/C21H20ClNO6/c22-13-3-1-2-4-17(13)28-18-8-16(27)20-15(26)7-14(25)19(21(20)29-18)12-5-6-23-9-11(12)10-24/h1-4,7-8,11-12,23-26H,5-6,9-10H2. The van der Waals surface area contributed by atoms with Gasteiger partial charge in [0, 0.05) is 30.7 Å². The molecule has 3 aromatic rings. The summed E-state index contributed by atoms with van der Waals surface area (Å²) in [6.07, 6.45) is 0.623. The molecule has 4 rings (SSSR count). The van der Waals surface area contributed by atoms with E-state index in [-0.39, 0.29) is 46.9 Å². The third-order valence-corrected chi connectivity index (χ3v) is 5.55. The van der Waals surface area contributed by atoms with Crippen LogP contribution in [0.4, 0.5) is 0 Å². The van der Waals surface area contributed by atoms with Crippen molar-refractivity contribution in [2.45, 2.75) is 12.3 Å². The normalized spacial score (nSPS) is 19.4. The summed E-state index contributed by atoms with van der Waals surface area (Å²) < 4.78 is 11.5. The van der Waals surface area contributed by atoms with Crippen molar-refractivity contribution in [2.75, 3.05) is 19.7 Å². The van der Waals surface area contributed by atoms with Crippen LogP contribution in [-0.2, 0) is 0 Å². The van der Waals surface area contributed by atoms with E-state index in [1.807, 2.05) is 0 Å². The Bertz CT molecular complexity index is 1110. The van der Waals surface area contributed by atoms with E-state index in [1.54, 1.807) is 24.3 Å². The SMILES string of the molecule is O=c1cc(Oc2ccccc2Cl)oc2c(C3CCNCC3CO)c(O)cc(O)c12. The summed E-state index contributed by atoms with van der Waals surface area (Å²) in [6, 6.07) is 9.00. The van der Waals surface area contributed by atoms with Crippen molar-refractivity contribution in [3.63, 3.8) is 0 Å². The lowest BCUT2D eigenvalue weighted by molar-refractivity contribution is 0.178. The Morgan fingerprint density at radius 1 is 1.21 bits per heavy atom. The zero-order valence-corrected chi connectivity index (χ0v) is 16.1. The molecule has 152 valence electrons. The summed E-state index contributed by atoms with van der Waals surface area (Å²) in [4.78, 5) is 12.7. The maximum absolute atomic E-state index is 12.7. The number of aromatic hydroxyl groups is 2. The van der Waals surface area contributed by atoms with Gasteiger partial charge in [0.05, 0.1) is 11.1 Å². The molecule has 2 heterocycles. The molecule has 1 aliphatic heterocycles. The van der Waals surface area contributed by atoms with Crippen LogP contribution in [0.2, 0.25) is 5.02 Å². The minimum Gasteiger partial charge on any atom is -0.507 e. The fourth-order valence-electron chi connectivity index (χ4n) is 3.84. The van der Waals surface area contributed by atoms with Gasteiger partial charge in [0.15, 0.2) is 11.0 Å². The van der Waals surface area contributed by atoms with Gasteiger partial charge in [-0.1, -0.05) is 23.7 Å². The Labute approximate surface area is 171 Å². The van der Waals surface area contributed by atoms with Crippen molar-refractivity contribution in [2.24, 2.45) is 5.92 Å². The van der Waals surface area contributed by atoms with Gasteiger partial charge in [-0.2, -0.15) is 0 Å². The largest absolute Gasteiger partial charge is 0.507 e. The number of phenols is 2. The Hall–Kier alpha value is -2.74. The first-order valence-electron chi connectivity index (χ1n) is 9.26. The number of aliphatic hydroxyl groups is 1. The van der Waals surface area contributed by atoms with Crippen LogP contribution in [0.5, 0.6) is 23.2 Å². The number of aliphatic hydroxyl groups excluding tert-OH is 1. The average molecular weight is 418 g/mol. The summed E-state index contributed by atoms with van der Waals surface area (Å²) in [5.74, 6) is -0.829. The van der Waals surface area contributed by atoms with Crippen LogP contribution in [0, 0.1) is 5.92 Å². The fourth-order valence-corrected chi connectivity index (χ4v) is 4.01. The molecule has 29 heavy (non-hydrogen) atoms. The topological polar surface area (TPSA) is 112 Å². The van der Waals surface area contributed by atoms with Crippen molar-refractivity contribution in [3.8, 4) is 23.2 Å². The zero-order chi connectivity index (χ0) is 20.5. The van der Waals surface area contributed by atoms with Gasteiger partial charge in [0.1, 0.15) is 22.6 Å².